The van der Waals surface area contributed by atoms with Gasteiger partial charge in [0.15, 0.2) is 24.8 Å². The molecule has 0 radical (unpaired) electrons. The van der Waals surface area contributed by atoms with E-state index in [1.807, 2.05) is 6.92 Å². The molecule has 1 aromatic carbocycles. The van der Waals surface area contributed by atoms with Crippen LogP contribution in [-0.4, -0.2) is 73.9 Å². The normalized spacial score (nSPS) is 19.4. The van der Waals surface area contributed by atoms with Crippen LogP contribution >= 0.6 is 0 Å². The maximum absolute atomic E-state index is 12.4. The molecule has 2 aliphatic heterocycles. The highest BCUT2D eigenvalue weighted by Crippen LogP contribution is 2.36. The highest BCUT2D eigenvalue weighted by Gasteiger charge is 2.34. The number of carbonyl (C=O) groups is 3. The van der Waals surface area contributed by atoms with E-state index in [0.717, 1.165) is 36.1 Å². The second-order valence-electron chi connectivity index (χ2n) is 9.68. The molecule has 3 heterocycles. The molecule has 1 aromatic heterocycles. The van der Waals surface area contributed by atoms with Gasteiger partial charge in [-0.1, -0.05) is 0 Å². The van der Waals surface area contributed by atoms with Gasteiger partial charge in [0.25, 0.3) is 17.7 Å². The molecule has 39 heavy (non-hydrogen) atoms. The van der Waals surface area contributed by atoms with Crippen LogP contribution in [0.1, 0.15) is 28.7 Å². The van der Waals surface area contributed by atoms with Crippen molar-refractivity contribution in [2.24, 2.45) is 5.92 Å². The number of carbonyl (C=O) groups excluding carboxylic acids is 3. The zero-order valence-corrected chi connectivity index (χ0v) is 21.7. The number of amides is 3. The number of benzene rings is 1. The van der Waals surface area contributed by atoms with Gasteiger partial charge in [-0.25, -0.2) is 14.8 Å². The minimum Gasteiger partial charge on any atom is -0.483 e. The summed E-state index contributed by atoms with van der Waals surface area (Å²) in [5, 5.41) is 18.2. The number of aromatic nitrogens is 2. The van der Waals surface area contributed by atoms with Crippen LogP contribution in [0.2, 0.25) is 0 Å². The Morgan fingerprint density at radius 1 is 1.33 bits per heavy atom. The molecule has 13 heteroatoms. The van der Waals surface area contributed by atoms with Crippen LogP contribution < -0.4 is 30.3 Å². The molecule has 1 fully saturated rings. The summed E-state index contributed by atoms with van der Waals surface area (Å²) < 4.78 is 16.4. The molecule has 3 N–H and O–H groups in total. The van der Waals surface area contributed by atoms with E-state index in [-0.39, 0.29) is 48.6 Å². The molecular formula is C26H29N7O6. The highest BCUT2D eigenvalue weighted by atomic mass is 16.6. The topological polar surface area (TPSA) is 168 Å². The Hall–Kier alpha value is -4.44. The van der Waals surface area contributed by atoms with Crippen LogP contribution in [0.25, 0.3) is 0 Å². The summed E-state index contributed by atoms with van der Waals surface area (Å²) in [7, 11) is 1.55. The van der Waals surface area contributed by atoms with Gasteiger partial charge in [-0.15, -0.1) is 0 Å². The monoisotopic (exact) mass is 535 g/mol. The number of rotatable bonds is 9. The Labute approximate surface area is 224 Å². The summed E-state index contributed by atoms with van der Waals surface area (Å²) in [4.78, 5) is 45.4. The average Bonchev–Trinajstić information content (AvgIpc) is 3.53. The third-order valence-electron chi connectivity index (χ3n) is 7.08. The summed E-state index contributed by atoms with van der Waals surface area (Å²) in [6, 6.07) is 3.99. The van der Waals surface area contributed by atoms with Crippen molar-refractivity contribution < 1.29 is 28.6 Å². The van der Waals surface area contributed by atoms with Gasteiger partial charge in [0.05, 0.1) is 24.4 Å². The second kappa shape index (κ2) is 11.1. The van der Waals surface area contributed by atoms with Gasteiger partial charge in [-0.2, -0.15) is 5.26 Å². The van der Waals surface area contributed by atoms with Crippen molar-refractivity contribution in [3.63, 3.8) is 0 Å². The van der Waals surface area contributed by atoms with E-state index in [4.69, 9.17) is 14.2 Å². The fraction of sp³-hybridized carbons (Fsp3) is 0.462. The lowest BCUT2D eigenvalue weighted by atomic mass is 9.98. The van der Waals surface area contributed by atoms with Crippen molar-refractivity contribution in [2.75, 3.05) is 50.1 Å². The fourth-order valence-corrected chi connectivity index (χ4v) is 5.05. The summed E-state index contributed by atoms with van der Waals surface area (Å²) in [5.74, 6) is 0.987. The number of hydrogen-bond acceptors (Lipinski definition) is 10. The molecular weight excluding hydrogens is 506 g/mol. The lowest BCUT2D eigenvalue weighted by Crippen LogP contribution is -2.30. The van der Waals surface area contributed by atoms with Gasteiger partial charge in [0.1, 0.15) is 11.9 Å². The average molecular weight is 536 g/mol. The number of hydrogen-bond donors (Lipinski definition) is 3. The van der Waals surface area contributed by atoms with E-state index in [1.54, 1.807) is 13.1 Å². The van der Waals surface area contributed by atoms with E-state index < -0.39 is 6.09 Å². The smallest absolute Gasteiger partial charge is 0.415 e. The quantitative estimate of drug-likeness (QED) is 0.391. The highest BCUT2D eigenvalue weighted by molar-refractivity contribution is 5.94. The zero-order chi connectivity index (χ0) is 27.5. The first-order chi connectivity index (χ1) is 18.9. The van der Waals surface area contributed by atoms with Crippen LogP contribution in [-0.2, 0) is 27.2 Å². The SMILES string of the molecule is CNC(=O)COc1cc(C#N)c2c(c1C)CC(CNCCC1CN(c3cnc4c(n3)NC(=O)CO4)C(=O)O1)C2. The maximum Gasteiger partial charge on any atom is 0.415 e. The van der Waals surface area contributed by atoms with Crippen molar-refractivity contribution in [1.82, 2.24) is 20.6 Å². The first-order valence-electron chi connectivity index (χ1n) is 12.7. The van der Waals surface area contributed by atoms with Gasteiger partial charge in [-0.05, 0) is 68.0 Å². The first kappa shape index (κ1) is 26.2. The Morgan fingerprint density at radius 3 is 2.95 bits per heavy atom. The Kier molecular flexibility index (Phi) is 7.47. The molecule has 204 valence electrons. The van der Waals surface area contributed by atoms with Gasteiger partial charge in [-0.3, -0.25) is 14.5 Å². The molecule has 1 aliphatic carbocycles. The third-order valence-corrected chi connectivity index (χ3v) is 7.08. The molecule has 2 atom stereocenters. The van der Waals surface area contributed by atoms with Crippen LogP contribution in [0, 0.1) is 24.2 Å². The number of nitrogens with zero attached hydrogens (tertiary/aromatic N) is 4. The molecule has 3 aliphatic rings. The Balaban J connectivity index is 1.12. The molecule has 2 unspecified atom stereocenters. The van der Waals surface area contributed by atoms with Gasteiger partial charge >= 0.3 is 6.09 Å². The third kappa shape index (κ3) is 5.56. The number of nitriles is 1. The molecule has 2 aromatic rings. The minimum absolute atomic E-state index is 0.0980. The Bertz CT molecular complexity index is 1360. The van der Waals surface area contributed by atoms with Crippen LogP contribution in [0.3, 0.4) is 0 Å². The lowest BCUT2D eigenvalue weighted by Gasteiger charge is -2.18. The van der Waals surface area contributed by atoms with Crippen molar-refractivity contribution in [3.05, 3.63) is 34.5 Å². The zero-order valence-electron chi connectivity index (χ0n) is 21.7. The predicted molar refractivity (Wildman–Crippen MR) is 138 cm³/mol. The number of likely N-dealkylation sites (N-methyl/N-ethyl adjacent to an activating group) is 1. The molecule has 0 saturated carbocycles. The van der Waals surface area contributed by atoms with E-state index in [0.29, 0.717) is 36.7 Å². The van der Waals surface area contributed by atoms with Gasteiger partial charge < -0.3 is 30.2 Å². The second-order valence-corrected chi connectivity index (χ2v) is 9.68. The number of ether oxygens (including phenoxy) is 3. The molecule has 1 saturated heterocycles. The first-order valence-corrected chi connectivity index (χ1v) is 12.7. The fourth-order valence-electron chi connectivity index (χ4n) is 5.05. The molecule has 3 amide bonds. The summed E-state index contributed by atoms with van der Waals surface area (Å²) in [6.07, 6.45) is 2.79. The minimum atomic E-state index is -0.516. The molecule has 0 bridgehead atoms. The van der Waals surface area contributed by atoms with Crippen LogP contribution in [0.4, 0.5) is 16.4 Å². The number of anilines is 2. The maximum atomic E-state index is 12.4. The lowest BCUT2D eigenvalue weighted by molar-refractivity contribution is -0.122. The van der Waals surface area contributed by atoms with E-state index in [2.05, 4.69) is 32.0 Å². The van der Waals surface area contributed by atoms with E-state index in [9.17, 15) is 19.6 Å². The van der Waals surface area contributed by atoms with Crippen molar-refractivity contribution in [1.29, 1.82) is 5.26 Å². The predicted octanol–water partition coefficient (Wildman–Crippen LogP) is 0.832. The van der Waals surface area contributed by atoms with E-state index in [1.165, 1.54) is 11.1 Å². The van der Waals surface area contributed by atoms with E-state index >= 15 is 0 Å². The number of cyclic esters (lactones) is 1. The van der Waals surface area contributed by atoms with Crippen molar-refractivity contribution >= 4 is 29.5 Å². The van der Waals surface area contributed by atoms with Crippen molar-refractivity contribution in [3.8, 4) is 17.7 Å². The Morgan fingerprint density at radius 2 is 2.15 bits per heavy atom. The summed E-state index contributed by atoms with van der Waals surface area (Å²) in [6.45, 7) is 3.45. The van der Waals surface area contributed by atoms with Crippen LogP contribution in [0.5, 0.6) is 11.6 Å². The number of nitrogens with one attached hydrogen (secondary N) is 3. The largest absolute Gasteiger partial charge is 0.483 e. The van der Waals surface area contributed by atoms with Crippen molar-refractivity contribution in [2.45, 2.75) is 32.3 Å². The summed E-state index contributed by atoms with van der Waals surface area (Å²) in [5.41, 5.74) is 3.70. The molecule has 5 rings (SSSR count). The standard InChI is InChI=1S/C26H29N7O6/c1-14-18-5-15(6-19(18)16(8-27)7-20(14)37-12-22(34)28-2)9-29-4-3-17-11-33(26(36)39-17)21-10-30-25-24(31-21)32-23(35)13-38-25/h7,10,15,17,29H,3-6,9,11-13H2,1-2H3,(H,28,34)(H,31,32,35). The molecule has 13 nitrogen and oxygen atoms in total. The number of fused-ring (bicyclic) bond motifs is 2. The van der Waals surface area contributed by atoms with Gasteiger partial charge in [0.2, 0.25) is 0 Å². The van der Waals surface area contributed by atoms with Crippen LogP contribution in [0.15, 0.2) is 12.3 Å². The summed E-state index contributed by atoms with van der Waals surface area (Å²) >= 11 is 0. The van der Waals surface area contributed by atoms with Gasteiger partial charge in [0, 0.05) is 7.05 Å². The molecule has 0 spiro atoms.